The van der Waals surface area contributed by atoms with Gasteiger partial charge in [-0.25, -0.2) is 4.79 Å². The van der Waals surface area contributed by atoms with Crippen LogP contribution in [0.2, 0.25) is 0 Å². The first-order valence-electron chi connectivity index (χ1n) is 5.88. The highest BCUT2D eigenvalue weighted by atomic mass is 16.5. The molecule has 17 heavy (non-hydrogen) atoms. The molecule has 0 bridgehead atoms. The molecule has 0 radical (unpaired) electrons. The predicted molar refractivity (Wildman–Crippen MR) is 61.9 cm³/mol. The van der Waals surface area contributed by atoms with Crippen LogP contribution in [0.5, 0.6) is 0 Å². The van der Waals surface area contributed by atoms with E-state index in [1.165, 1.54) is 4.90 Å². The number of nitrogens with one attached hydrogen (secondary N) is 1. The summed E-state index contributed by atoms with van der Waals surface area (Å²) >= 11 is 0. The molecule has 2 amide bonds. The molecule has 0 spiro atoms. The van der Waals surface area contributed by atoms with Crippen LogP contribution in [0.3, 0.4) is 0 Å². The molecule has 2 N–H and O–H groups in total. The average molecular weight is 244 g/mol. The summed E-state index contributed by atoms with van der Waals surface area (Å²) in [6.07, 6.45) is 1.91. The summed E-state index contributed by atoms with van der Waals surface area (Å²) in [5.74, 6) is -0.981. The summed E-state index contributed by atoms with van der Waals surface area (Å²) in [4.78, 5) is 23.7. The molecule has 1 aliphatic carbocycles. The Hall–Kier alpha value is -1.30. The lowest BCUT2D eigenvalue weighted by Crippen LogP contribution is -2.45. The Bertz CT molecular complexity index is 277. The minimum atomic E-state index is -0.981. The van der Waals surface area contributed by atoms with Gasteiger partial charge in [0, 0.05) is 12.6 Å². The molecule has 0 aromatic rings. The minimum absolute atomic E-state index is 0.0946. The number of rotatable bonds is 7. The molecule has 1 rings (SSSR count). The zero-order chi connectivity index (χ0) is 12.8. The van der Waals surface area contributed by atoms with Crippen LogP contribution in [0.1, 0.15) is 26.7 Å². The van der Waals surface area contributed by atoms with Gasteiger partial charge < -0.3 is 20.1 Å². The fourth-order valence-corrected chi connectivity index (χ4v) is 1.45. The summed E-state index contributed by atoms with van der Waals surface area (Å²) in [5.41, 5.74) is 0. The monoisotopic (exact) mass is 244 g/mol. The van der Waals surface area contributed by atoms with Gasteiger partial charge >= 0.3 is 12.0 Å². The smallest absolute Gasteiger partial charge is 0.323 e. The second-order valence-corrected chi connectivity index (χ2v) is 4.40. The van der Waals surface area contributed by atoms with Crippen LogP contribution in [0.15, 0.2) is 0 Å². The summed E-state index contributed by atoms with van der Waals surface area (Å²) in [7, 11) is 0. The lowest BCUT2D eigenvalue weighted by atomic mass is 10.4. The lowest BCUT2D eigenvalue weighted by molar-refractivity contribution is -0.137. The molecule has 0 aromatic carbocycles. The van der Waals surface area contributed by atoms with Crippen molar-refractivity contribution in [2.45, 2.75) is 38.8 Å². The molecule has 1 saturated carbocycles. The molecule has 0 aromatic heterocycles. The van der Waals surface area contributed by atoms with Gasteiger partial charge in [-0.15, -0.1) is 0 Å². The molecule has 0 atom stereocenters. The van der Waals surface area contributed by atoms with Crippen molar-refractivity contribution in [3.05, 3.63) is 0 Å². The number of hydrogen-bond acceptors (Lipinski definition) is 3. The largest absolute Gasteiger partial charge is 0.480 e. The van der Waals surface area contributed by atoms with Crippen LogP contribution in [0.4, 0.5) is 4.79 Å². The van der Waals surface area contributed by atoms with Crippen LogP contribution in [0, 0.1) is 0 Å². The van der Waals surface area contributed by atoms with Gasteiger partial charge in [-0.05, 0) is 26.7 Å². The molecule has 98 valence electrons. The van der Waals surface area contributed by atoms with E-state index >= 15 is 0 Å². The third-order valence-corrected chi connectivity index (χ3v) is 2.38. The van der Waals surface area contributed by atoms with Crippen LogP contribution in [-0.2, 0) is 9.53 Å². The molecule has 1 aliphatic rings. The van der Waals surface area contributed by atoms with Gasteiger partial charge in [0.15, 0.2) is 0 Å². The van der Waals surface area contributed by atoms with Crippen molar-refractivity contribution in [2.24, 2.45) is 0 Å². The normalized spacial score (nSPS) is 14.8. The molecule has 0 unspecified atom stereocenters. The molecule has 1 fully saturated rings. The predicted octanol–water partition coefficient (Wildman–Crippen LogP) is 0.670. The second kappa shape index (κ2) is 6.44. The Morgan fingerprint density at radius 1 is 1.47 bits per heavy atom. The number of hydrogen-bond donors (Lipinski definition) is 2. The van der Waals surface area contributed by atoms with Gasteiger partial charge in [0.1, 0.15) is 6.54 Å². The lowest BCUT2D eigenvalue weighted by Gasteiger charge is -2.20. The van der Waals surface area contributed by atoms with E-state index < -0.39 is 5.97 Å². The number of aliphatic carboxylic acids is 1. The average Bonchev–Trinajstić information content (AvgIpc) is 3.03. The van der Waals surface area contributed by atoms with Crippen LogP contribution >= 0.6 is 0 Å². The van der Waals surface area contributed by atoms with Gasteiger partial charge in [0.05, 0.1) is 12.7 Å². The van der Waals surface area contributed by atoms with E-state index in [1.54, 1.807) is 0 Å². The van der Waals surface area contributed by atoms with Gasteiger partial charge in [-0.1, -0.05) is 0 Å². The van der Waals surface area contributed by atoms with Gasteiger partial charge in [0.2, 0.25) is 0 Å². The van der Waals surface area contributed by atoms with E-state index in [0.717, 1.165) is 12.8 Å². The maximum atomic E-state index is 11.7. The van der Waals surface area contributed by atoms with Crippen molar-refractivity contribution in [1.29, 1.82) is 0 Å². The van der Waals surface area contributed by atoms with Crippen LogP contribution < -0.4 is 5.32 Å². The zero-order valence-electron chi connectivity index (χ0n) is 10.3. The number of urea groups is 1. The minimum Gasteiger partial charge on any atom is -0.480 e. The number of ether oxygens (including phenoxy) is 1. The maximum Gasteiger partial charge on any atom is 0.323 e. The molecular formula is C11H20N2O4. The number of carboxylic acid groups (broad SMARTS) is 1. The van der Waals surface area contributed by atoms with E-state index in [2.05, 4.69) is 5.32 Å². The van der Waals surface area contributed by atoms with Crippen molar-refractivity contribution in [3.8, 4) is 0 Å². The quantitative estimate of drug-likeness (QED) is 0.645. The van der Waals surface area contributed by atoms with E-state index in [4.69, 9.17) is 9.84 Å². The molecule has 0 saturated heterocycles. The van der Waals surface area contributed by atoms with Gasteiger partial charge in [-0.2, -0.15) is 0 Å². The molecule has 6 heteroatoms. The Morgan fingerprint density at radius 3 is 2.59 bits per heavy atom. The molecular weight excluding hydrogens is 224 g/mol. The molecule has 0 aliphatic heterocycles. The number of carbonyl (C=O) groups excluding carboxylic acids is 1. The highest BCUT2D eigenvalue weighted by Gasteiger charge is 2.33. The first kappa shape index (κ1) is 13.8. The van der Waals surface area contributed by atoms with Crippen molar-refractivity contribution >= 4 is 12.0 Å². The van der Waals surface area contributed by atoms with Crippen molar-refractivity contribution < 1.29 is 19.4 Å². The highest BCUT2D eigenvalue weighted by Crippen LogP contribution is 2.26. The summed E-state index contributed by atoms with van der Waals surface area (Å²) in [6, 6.07) is -0.223. The number of carboxylic acids is 1. The topological polar surface area (TPSA) is 78.9 Å². The van der Waals surface area contributed by atoms with E-state index in [-0.39, 0.29) is 24.7 Å². The summed E-state index contributed by atoms with van der Waals surface area (Å²) < 4.78 is 5.28. The van der Waals surface area contributed by atoms with Crippen molar-refractivity contribution in [2.75, 3.05) is 19.7 Å². The van der Waals surface area contributed by atoms with E-state index in [1.807, 2.05) is 13.8 Å². The highest BCUT2D eigenvalue weighted by molar-refractivity contribution is 5.80. The van der Waals surface area contributed by atoms with E-state index in [9.17, 15) is 9.59 Å². The van der Waals surface area contributed by atoms with Crippen LogP contribution in [-0.4, -0.2) is 53.8 Å². The Labute approximate surface area is 101 Å². The molecule has 6 nitrogen and oxygen atoms in total. The molecule has 0 heterocycles. The SMILES string of the molecule is CC(C)OCCNC(=O)N(CC(=O)O)C1CC1. The standard InChI is InChI=1S/C11H20N2O4/c1-8(2)17-6-5-12-11(16)13(7-10(14)15)9-3-4-9/h8-9H,3-7H2,1-2H3,(H,12,16)(H,14,15). The van der Waals surface area contributed by atoms with Crippen LogP contribution in [0.25, 0.3) is 0 Å². The first-order valence-corrected chi connectivity index (χ1v) is 5.88. The first-order chi connectivity index (χ1) is 8.00. The fourth-order valence-electron chi connectivity index (χ4n) is 1.45. The zero-order valence-corrected chi connectivity index (χ0v) is 10.3. The van der Waals surface area contributed by atoms with Crippen molar-refractivity contribution in [1.82, 2.24) is 10.2 Å². The summed E-state index contributed by atoms with van der Waals surface area (Å²) in [5, 5.41) is 11.4. The summed E-state index contributed by atoms with van der Waals surface area (Å²) in [6.45, 7) is 4.45. The van der Waals surface area contributed by atoms with Crippen molar-refractivity contribution in [3.63, 3.8) is 0 Å². The third kappa shape index (κ3) is 5.53. The number of nitrogens with zero attached hydrogens (tertiary/aromatic N) is 1. The fraction of sp³-hybridized carbons (Fsp3) is 0.818. The Kier molecular flexibility index (Phi) is 5.21. The van der Waals surface area contributed by atoms with Gasteiger partial charge in [-0.3, -0.25) is 4.79 Å². The van der Waals surface area contributed by atoms with Gasteiger partial charge in [0.25, 0.3) is 0 Å². The number of amides is 2. The Morgan fingerprint density at radius 2 is 2.12 bits per heavy atom. The Balaban J connectivity index is 2.25. The third-order valence-electron chi connectivity index (χ3n) is 2.38. The second-order valence-electron chi connectivity index (χ2n) is 4.40. The maximum absolute atomic E-state index is 11.7. The number of carbonyl (C=O) groups is 2. The van der Waals surface area contributed by atoms with E-state index in [0.29, 0.717) is 13.2 Å².